The average Bonchev–Trinajstić information content (AvgIpc) is 1.95. The molecule has 0 N–H and O–H groups in total. The number of diazo groups is 1. The SMILES string of the molecule is CN1C=CC(=C[N+]#N)C=C1. The summed E-state index contributed by atoms with van der Waals surface area (Å²) >= 11 is 0. The van der Waals surface area contributed by atoms with Gasteiger partial charge in [-0.1, -0.05) is 0 Å². The van der Waals surface area contributed by atoms with Crippen molar-refractivity contribution in [3.63, 3.8) is 0 Å². The van der Waals surface area contributed by atoms with Crippen molar-refractivity contribution in [3.8, 4) is 0 Å². The van der Waals surface area contributed by atoms with Crippen molar-refractivity contribution in [2.45, 2.75) is 0 Å². The van der Waals surface area contributed by atoms with E-state index in [1.165, 1.54) is 6.20 Å². The molecule has 3 nitrogen and oxygen atoms in total. The van der Waals surface area contributed by atoms with E-state index in [0.717, 1.165) is 5.57 Å². The molecule has 10 heavy (non-hydrogen) atoms. The number of nitrogens with zero attached hydrogens (tertiary/aromatic N) is 3. The van der Waals surface area contributed by atoms with Crippen LogP contribution >= 0.6 is 0 Å². The van der Waals surface area contributed by atoms with E-state index in [-0.39, 0.29) is 0 Å². The molecule has 0 atom stereocenters. The molecule has 0 aromatic heterocycles. The van der Waals surface area contributed by atoms with Crippen molar-refractivity contribution >= 4 is 0 Å². The summed E-state index contributed by atoms with van der Waals surface area (Å²) in [5.41, 5.74) is 0.889. The van der Waals surface area contributed by atoms with Crippen molar-refractivity contribution in [2.75, 3.05) is 7.05 Å². The number of hydrogen-bond acceptors (Lipinski definition) is 2. The van der Waals surface area contributed by atoms with Crippen molar-refractivity contribution < 1.29 is 0 Å². The van der Waals surface area contributed by atoms with Crippen LogP contribution in [-0.2, 0) is 0 Å². The maximum atomic E-state index is 8.15. The van der Waals surface area contributed by atoms with Gasteiger partial charge in [0.05, 0.1) is 5.57 Å². The van der Waals surface area contributed by atoms with Crippen LogP contribution in [-0.4, -0.2) is 11.9 Å². The van der Waals surface area contributed by atoms with E-state index in [9.17, 15) is 0 Å². The van der Waals surface area contributed by atoms with E-state index in [0.29, 0.717) is 0 Å². The first-order valence-electron chi connectivity index (χ1n) is 2.95. The Hall–Kier alpha value is -1.56. The van der Waals surface area contributed by atoms with Gasteiger partial charge in [-0.25, -0.2) is 0 Å². The minimum atomic E-state index is 0.889. The standard InChI is InChI=1S/C7H8N3/c1-10-4-2-7(3-5-10)6-9-8/h2-6H,1H3/q+1. The van der Waals surface area contributed by atoms with Gasteiger partial charge >= 0.3 is 6.20 Å². The molecule has 50 valence electrons. The second-order valence-corrected chi connectivity index (χ2v) is 2.04. The van der Waals surface area contributed by atoms with Crippen LogP contribution in [0.5, 0.6) is 0 Å². The van der Waals surface area contributed by atoms with Gasteiger partial charge in [-0.15, -0.1) is 0 Å². The lowest BCUT2D eigenvalue weighted by molar-refractivity contribution is 0.620. The quantitative estimate of drug-likeness (QED) is 0.472. The number of allylic oxidation sites excluding steroid dienone is 3. The predicted octanol–water partition coefficient (Wildman–Crippen LogP) is 1.70. The van der Waals surface area contributed by atoms with Gasteiger partial charge in [0, 0.05) is 19.4 Å². The molecule has 3 heteroatoms. The Balaban J connectivity index is 2.73. The third-order valence-electron chi connectivity index (χ3n) is 1.21. The minimum absolute atomic E-state index is 0.889. The molecule has 1 aliphatic heterocycles. The molecule has 0 unspecified atom stereocenters. The van der Waals surface area contributed by atoms with E-state index in [4.69, 9.17) is 5.39 Å². The third-order valence-corrected chi connectivity index (χ3v) is 1.21. The zero-order valence-corrected chi connectivity index (χ0v) is 5.73. The van der Waals surface area contributed by atoms with Gasteiger partial charge in [0.25, 0.3) is 0 Å². The largest absolute Gasteiger partial charge is 0.357 e. The Morgan fingerprint density at radius 1 is 1.50 bits per heavy atom. The van der Waals surface area contributed by atoms with Crippen LogP contribution in [0.2, 0.25) is 0 Å². The van der Waals surface area contributed by atoms with Crippen LogP contribution < -0.4 is 0 Å². The summed E-state index contributed by atoms with van der Waals surface area (Å²) in [6.07, 6.45) is 8.88. The summed E-state index contributed by atoms with van der Waals surface area (Å²) in [4.78, 5) is 4.81. The molecule has 0 saturated carbocycles. The molecule has 1 heterocycles. The van der Waals surface area contributed by atoms with Gasteiger partial charge in [-0.05, 0) is 12.2 Å². The highest BCUT2D eigenvalue weighted by atomic mass is 15.0. The first kappa shape index (κ1) is 6.56. The monoisotopic (exact) mass is 134 g/mol. The first-order valence-corrected chi connectivity index (χ1v) is 2.95. The molecule has 0 aliphatic carbocycles. The van der Waals surface area contributed by atoms with Crippen LogP contribution in [0.15, 0.2) is 36.3 Å². The van der Waals surface area contributed by atoms with Crippen molar-refractivity contribution in [2.24, 2.45) is 0 Å². The van der Waals surface area contributed by atoms with Gasteiger partial charge in [0.2, 0.25) is 5.39 Å². The molecule has 1 aliphatic rings. The molecule has 0 saturated heterocycles. The number of rotatable bonds is 0. The average molecular weight is 134 g/mol. The van der Waals surface area contributed by atoms with Gasteiger partial charge in [0.1, 0.15) is 0 Å². The van der Waals surface area contributed by atoms with E-state index in [1.807, 2.05) is 36.5 Å². The molecular weight excluding hydrogens is 126 g/mol. The van der Waals surface area contributed by atoms with Crippen LogP contribution in [0, 0.1) is 5.39 Å². The highest BCUT2D eigenvalue weighted by molar-refractivity contribution is 5.34. The summed E-state index contributed by atoms with van der Waals surface area (Å²) in [5.74, 6) is 0. The molecule has 0 aromatic rings. The lowest BCUT2D eigenvalue weighted by Gasteiger charge is -2.09. The Bertz CT molecular complexity index is 226. The molecular formula is C7H8N3+. The fourth-order valence-electron chi connectivity index (χ4n) is 0.665. The van der Waals surface area contributed by atoms with Crippen molar-refractivity contribution in [1.82, 2.24) is 4.90 Å². The Morgan fingerprint density at radius 3 is 2.60 bits per heavy atom. The highest BCUT2D eigenvalue weighted by Crippen LogP contribution is 2.06. The third kappa shape index (κ3) is 1.46. The Morgan fingerprint density at radius 2 is 2.10 bits per heavy atom. The van der Waals surface area contributed by atoms with E-state index in [1.54, 1.807) is 0 Å². The smallest absolute Gasteiger partial charge is 0.357 e. The number of hydrogen-bond donors (Lipinski definition) is 0. The summed E-state index contributed by atoms with van der Waals surface area (Å²) in [5, 5.41) is 8.15. The second kappa shape index (κ2) is 2.83. The van der Waals surface area contributed by atoms with Gasteiger partial charge < -0.3 is 4.90 Å². The summed E-state index contributed by atoms with van der Waals surface area (Å²) in [6, 6.07) is 0. The van der Waals surface area contributed by atoms with Gasteiger partial charge in [-0.2, -0.15) is 0 Å². The van der Waals surface area contributed by atoms with Crippen LogP contribution in [0.25, 0.3) is 4.98 Å². The van der Waals surface area contributed by atoms with Crippen LogP contribution in [0.1, 0.15) is 0 Å². The Kier molecular flexibility index (Phi) is 1.86. The first-order chi connectivity index (χ1) is 4.83. The van der Waals surface area contributed by atoms with Gasteiger partial charge in [-0.3, -0.25) is 0 Å². The van der Waals surface area contributed by atoms with Crippen molar-refractivity contribution in [3.05, 3.63) is 41.3 Å². The summed E-state index contributed by atoms with van der Waals surface area (Å²) < 4.78 is 0. The molecule has 0 amide bonds. The zero-order chi connectivity index (χ0) is 7.40. The summed E-state index contributed by atoms with van der Waals surface area (Å²) in [7, 11) is 1.93. The Labute approximate surface area is 59.6 Å². The fourth-order valence-corrected chi connectivity index (χ4v) is 0.665. The fraction of sp³-hybridized carbons (Fsp3) is 0.143. The lowest BCUT2D eigenvalue weighted by atomic mass is 10.2. The molecule has 0 radical (unpaired) electrons. The lowest BCUT2D eigenvalue weighted by Crippen LogP contribution is -2.02. The normalized spacial score (nSPS) is 15.2. The topological polar surface area (TPSA) is 31.4 Å². The van der Waals surface area contributed by atoms with Crippen LogP contribution in [0.3, 0.4) is 0 Å². The van der Waals surface area contributed by atoms with Crippen LogP contribution in [0.4, 0.5) is 0 Å². The van der Waals surface area contributed by atoms with E-state index in [2.05, 4.69) is 4.98 Å². The highest BCUT2D eigenvalue weighted by Gasteiger charge is 1.98. The maximum Gasteiger partial charge on any atom is 0.357 e. The molecule has 0 fully saturated rings. The second-order valence-electron chi connectivity index (χ2n) is 2.04. The van der Waals surface area contributed by atoms with Gasteiger partial charge in [0.15, 0.2) is 4.98 Å². The van der Waals surface area contributed by atoms with Crippen molar-refractivity contribution in [1.29, 1.82) is 5.39 Å². The molecule has 1 rings (SSSR count). The molecule has 0 aromatic carbocycles. The van der Waals surface area contributed by atoms with E-state index < -0.39 is 0 Å². The molecule has 0 bridgehead atoms. The van der Waals surface area contributed by atoms with E-state index >= 15 is 0 Å². The predicted molar refractivity (Wildman–Crippen MR) is 39.2 cm³/mol. The maximum absolute atomic E-state index is 8.15. The minimum Gasteiger partial charge on any atom is -0.357 e. The summed E-state index contributed by atoms with van der Waals surface area (Å²) in [6.45, 7) is 0. The zero-order valence-electron chi connectivity index (χ0n) is 5.73. The molecule has 0 spiro atoms.